The predicted octanol–water partition coefficient (Wildman–Crippen LogP) is 10.9. The lowest BCUT2D eigenvalue weighted by Gasteiger charge is -2.46. The van der Waals surface area contributed by atoms with Gasteiger partial charge in [-0.2, -0.15) is 0 Å². The number of rotatable bonds is 3. The summed E-state index contributed by atoms with van der Waals surface area (Å²) in [7, 11) is 0. The van der Waals surface area contributed by atoms with Gasteiger partial charge < -0.3 is 14.2 Å². The Balaban J connectivity index is 1.20. The second-order valence-corrected chi connectivity index (χ2v) is 14.9. The summed E-state index contributed by atoms with van der Waals surface area (Å²) >= 11 is 1.88. The number of aryl methyl sites for hydroxylation is 2. The van der Waals surface area contributed by atoms with Crippen LogP contribution in [-0.4, -0.2) is 6.71 Å². The SMILES string of the molecule is Cc1cc2c(cc1C)N(c1ccc(-c3cc4ccccc4o3)cc1)c1cc(-c3ccccc3)cc3c1B2c1cccc2c1N3c1ccccc1S2. The highest BCUT2D eigenvalue weighted by atomic mass is 32.2. The van der Waals surface area contributed by atoms with Crippen LogP contribution in [0.4, 0.5) is 34.1 Å². The third-order valence-corrected chi connectivity index (χ3v) is 12.0. The Bertz CT molecular complexity index is 2680. The van der Waals surface area contributed by atoms with Crippen LogP contribution in [0.5, 0.6) is 0 Å². The first-order valence-electron chi connectivity index (χ1n) is 17.5. The Morgan fingerprint density at radius 1 is 0.510 bits per heavy atom. The van der Waals surface area contributed by atoms with E-state index in [1.165, 1.54) is 76.9 Å². The van der Waals surface area contributed by atoms with Crippen molar-refractivity contribution in [3.63, 3.8) is 0 Å². The molecule has 5 heteroatoms. The van der Waals surface area contributed by atoms with Crippen LogP contribution < -0.4 is 26.2 Å². The summed E-state index contributed by atoms with van der Waals surface area (Å²) in [6, 6.07) is 55.6. The summed E-state index contributed by atoms with van der Waals surface area (Å²) in [5.41, 5.74) is 18.4. The summed E-state index contributed by atoms with van der Waals surface area (Å²) in [4.78, 5) is 7.64. The van der Waals surface area contributed by atoms with Gasteiger partial charge in [-0.15, -0.1) is 0 Å². The summed E-state index contributed by atoms with van der Waals surface area (Å²) in [5.74, 6) is 0.880. The Morgan fingerprint density at radius 3 is 2.08 bits per heavy atom. The first-order valence-corrected chi connectivity index (χ1v) is 18.4. The fourth-order valence-corrected chi connectivity index (χ4v) is 9.53. The first-order chi connectivity index (χ1) is 25.1. The molecular formula is C46H31BN2OS. The van der Waals surface area contributed by atoms with Gasteiger partial charge in [-0.05, 0) is 125 Å². The van der Waals surface area contributed by atoms with Crippen molar-refractivity contribution < 1.29 is 4.42 Å². The average Bonchev–Trinajstić information content (AvgIpc) is 3.61. The van der Waals surface area contributed by atoms with E-state index < -0.39 is 0 Å². The predicted molar refractivity (Wildman–Crippen MR) is 215 cm³/mol. The molecule has 0 saturated heterocycles. The van der Waals surface area contributed by atoms with Crippen molar-refractivity contribution in [3.05, 3.63) is 163 Å². The molecule has 0 amide bonds. The van der Waals surface area contributed by atoms with Crippen LogP contribution >= 0.6 is 11.8 Å². The number of furan rings is 1. The van der Waals surface area contributed by atoms with Gasteiger partial charge in [0.05, 0.1) is 11.4 Å². The Labute approximate surface area is 301 Å². The molecule has 4 heterocycles. The maximum atomic E-state index is 6.28. The number of benzene rings is 7. The van der Waals surface area contributed by atoms with Crippen LogP contribution in [0, 0.1) is 13.8 Å². The molecular weight excluding hydrogens is 639 g/mol. The van der Waals surface area contributed by atoms with Gasteiger partial charge in [0.15, 0.2) is 0 Å². The van der Waals surface area contributed by atoms with Crippen LogP contribution in [0.3, 0.4) is 0 Å². The maximum absolute atomic E-state index is 6.28. The Morgan fingerprint density at radius 2 is 1.24 bits per heavy atom. The summed E-state index contributed by atoms with van der Waals surface area (Å²) in [5, 5.41) is 1.11. The molecule has 0 atom stereocenters. The third-order valence-electron chi connectivity index (χ3n) is 10.9. The van der Waals surface area contributed by atoms with E-state index in [0.717, 1.165) is 28.0 Å². The molecule has 0 bridgehead atoms. The molecule has 240 valence electrons. The van der Waals surface area contributed by atoms with Gasteiger partial charge in [0.25, 0.3) is 6.71 Å². The van der Waals surface area contributed by atoms with Gasteiger partial charge in [0, 0.05) is 43.5 Å². The molecule has 0 spiro atoms. The van der Waals surface area contributed by atoms with E-state index in [-0.39, 0.29) is 6.71 Å². The smallest absolute Gasteiger partial charge is 0.252 e. The van der Waals surface area contributed by atoms with Gasteiger partial charge in [0.2, 0.25) is 0 Å². The van der Waals surface area contributed by atoms with Crippen molar-refractivity contribution in [2.75, 3.05) is 9.80 Å². The molecule has 0 aliphatic carbocycles. The van der Waals surface area contributed by atoms with E-state index in [9.17, 15) is 0 Å². The van der Waals surface area contributed by atoms with Crippen molar-refractivity contribution in [2.24, 2.45) is 0 Å². The fraction of sp³-hybridized carbons (Fsp3) is 0.0435. The minimum atomic E-state index is 0.0947. The zero-order valence-corrected chi connectivity index (χ0v) is 29.0. The monoisotopic (exact) mass is 670 g/mol. The number of hydrogen-bond donors (Lipinski definition) is 0. The first kappa shape index (κ1) is 28.9. The molecule has 0 fully saturated rings. The molecule has 0 radical (unpaired) electrons. The van der Waals surface area contributed by atoms with E-state index in [1.54, 1.807) is 0 Å². The Kier molecular flexibility index (Phi) is 6.11. The van der Waals surface area contributed by atoms with Gasteiger partial charge in [-0.3, -0.25) is 0 Å². The zero-order chi connectivity index (χ0) is 33.8. The van der Waals surface area contributed by atoms with E-state index >= 15 is 0 Å². The quantitative estimate of drug-likeness (QED) is 0.174. The maximum Gasteiger partial charge on any atom is 0.252 e. The number of anilines is 6. The fourth-order valence-electron chi connectivity index (χ4n) is 8.43. The highest BCUT2D eigenvalue weighted by Gasteiger charge is 2.45. The summed E-state index contributed by atoms with van der Waals surface area (Å²) in [6.07, 6.45) is 0. The molecule has 3 nitrogen and oxygen atoms in total. The van der Waals surface area contributed by atoms with Crippen LogP contribution in [-0.2, 0) is 0 Å². The standard InChI is InChI=1S/C46H31BN2OS/c1-28-23-36-38(24-29(28)2)48(34-21-19-31(20-22-34)42-27-32-13-6-8-16-41(32)50-42)39-25-33(30-11-4-3-5-12-30)26-40-45(39)47(36)35-14-10-18-44-46(35)49(40)37-15-7-9-17-43(37)51-44/h3-27H,1-2H3. The molecule has 0 saturated carbocycles. The highest BCUT2D eigenvalue weighted by molar-refractivity contribution is 7.99. The zero-order valence-electron chi connectivity index (χ0n) is 28.2. The van der Waals surface area contributed by atoms with Gasteiger partial charge in [-0.1, -0.05) is 90.6 Å². The summed E-state index contributed by atoms with van der Waals surface area (Å²) < 4.78 is 6.28. The molecule has 0 unspecified atom stereocenters. The van der Waals surface area contributed by atoms with Crippen LogP contribution in [0.2, 0.25) is 0 Å². The molecule has 7 aromatic carbocycles. The molecule has 3 aliphatic rings. The van der Waals surface area contributed by atoms with Gasteiger partial charge >= 0.3 is 0 Å². The summed E-state index contributed by atoms with van der Waals surface area (Å²) in [6.45, 7) is 4.58. The number of hydrogen-bond acceptors (Lipinski definition) is 4. The molecule has 1 aromatic heterocycles. The van der Waals surface area contributed by atoms with Crippen molar-refractivity contribution in [2.45, 2.75) is 23.6 Å². The van der Waals surface area contributed by atoms with Gasteiger partial charge in [0.1, 0.15) is 11.3 Å². The molecule has 51 heavy (non-hydrogen) atoms. The average molecular weight is 671 g/mol. The number of nitrogens with zero attached hydrogens (tertiary/aromatic N) is 2. The Hall–Kier alpha value is -5.91. The molecule has 11 rings (SSSR count). The number of fused-ring (bicyclic) bond motifs is 7. The molecule has 0 N–H and O–H groups in total. The van der Waals surface area contributed by atoms with Crippen LogP contribution in [0.1, 0.15) is 11.1 Å². The lowest BCUT2D eigenvalue weighted by Crippen LogP contribution is -2.61. The van der Waals surface area contributed by atoms with Crippen LogP contribution in [0.15, 0.2) is 166 Å². The number of para-hydroxylation sites is 3. The van der Waals surface area contributed by atoms with Crippen molar-refractivity contribution in [1.82, 2.24) is 0 Å². The molecule has 8 aromatic rings. The lowest BCUT2D eigenvalue weighted by atomic mass is 9.33. The highest BCUT2D eigenvalue weighted by Crippen LogP contribution is 2.54. The third kappa shape index (κ3) is 4.22. The van der Waals surface area contributed by atoms with Crippen molar-refractivity contribution in [3.8, 4) is 22.5 Å². The minimum absolute atomic E-state index is 0.0947. The van der Waals surface area contributed by atoms with Crippen LogP contribution in [0.25, 0.3) is 33.4 Å². The van der Waals surface area contributed by atoms with E-state index in [0.29, 0.717) is 0 Å². The second kappa shape index (κ2) is 10.8. The van der Waals surface area contributed by atoms with Crippen molar-refractivity contribution in [1.29, 1.82) is 0 Å². The van der Waals surface area contributed by atoms with Crippen molar-refractivity contribution >= 4 is 80.0 Å². The topological polar surface area (TPSA) is 19.6 Å². The van der Waals surface area contributed by atoms with E-state index in [4.69, 9.17) is 4.42 Å². The second-order valence-electron chi connectivity index (χ2n) is 13.9. The lowest BCUT2D eigenvalue weighted by molar-refractivity contribution is 0.631. The largest absolute Gasteiger partial charge is 0.456 e. The van der Waals surface area contributed by atoms with E-state index in [1.807, 2.05) is 23.9 Å². The van der Waals surface area contributed by atoms with Gasteiger partial charge in [-0.25, -0.2) is 0 Å². The van der Waals surface area contributed by atoms with E-state index in [2.05, 4.69) is 163 Å². The normalized spacial score (nSPS) is 13.5. The molecule has 3 aliphatic heterocycles. The minimum Gasteiger partial charge on any atom is -0.456 e.